The first-order chi connectivity index (χ1) is 7.68. The van der Waals surface area contributed by atoms with Crippen LogP contribution in [0.15, 0.2) is 18.5 Å². The lowest BCUT2D eigenvalue weighted by Crippen LogP contribution is -2.49. The van der Waals surface area contributed by atoms with E-state index in [2.05, 4.69) is 17.2 Å². The lowest BCUT2D eigenvalue weighted by molar-refractivity contribution is -0.384. The van der Waals surface area contributed by atoms with Gasteiger partial charge in [-0.05, 0) is 13.0 Å². The van der Waals surface area contributed by atoms with Crippen LogP contribution in [0.3, 0.4) is 0 Å². The maximum Gasteiger partial charge on any atom is 0.310 e. The van der Waals surface area contributed by atoms with Crippen molar-refractivity contribution in [2.75, 3.05) is 24.5 Å². The summed E-state index contributed by atoms with van der Waals surface area (Å²) in [6.07, 6.45) is 2.90. The number of hydrogen-bond acceptors (Lipinski definition) is 5. The normalized spacial score (nSPS) is 20.8. The van der Waals surface area contributed by atoms with Crippen LogP contribution in [-0.4, -0.2) is 35.6 Å². The first kappa shape index (κ1) is 10.8. The quantitative estimate of drug-likeness (QED) is 0.591. The van der Waals surface area contributed by atoms with E-state index in [4.69, 9.17) is 0 Å². The molecule has 16 heavy (non-hydrogen) atoms. The highest BCUT2D eigenvalue weighted by atomic mass is 16.6. The highest BCUT2D eigenvalue weighted by Crippen LogP contribution is 2.27. The molecule has 1 aromatic rings. The molecule has 1 aliphatic rings. The van der Waals surface area contributed by atoms with E-state index in [0.717, 1.165) is 19.6 Å². The number of nitrogens with zero attached hydrogens (tertiary/aromatic N) is 3. The van der Waals surface area contributed by atoms with Crippen LogP contribution >= 0.6 is 0 Å². The molecule has 1 atom stereocenters. The van der Waals surface area contributed by atoms with Crippen LogP contribution in [0.2, 0.25) is 0 Å². The van der Waals surface area contributed by atoms with Crippen molar-refractivity contribution in [3.8, 4) is 0 Å². The van der Waals surface area contributed by atoms with E-state index in [1.54, 1.807) is 12.3 Å². The molecule has 0 saturated carbocycles. The molecular weight excluding hydrogens is 208 g/mol. The first-order valence-corrected chi connectivity index (χ1v) is 5.25. The van der Waals surface area contributed by atoms with Gasteiger partial charge < -0.3 is 10.2 Å². The summed E-state index contributed by atoms with van der Waals surface area (Å²) < 4.78 is 0. The van der Waals surface area contributed by atoms with Crippen LogP contribution in [0.4, 0.5) is 11.4 Å². The molecule has 1 fully saturated rings. The Balaban J connectivity index is 2.28. The van der Waals surface area contributed by atoms with Crippen LogP contribution in [0, 0.1) is 10.1 Å². The van der Waals surface area contributed by atoms with Gasteiger partial charge in [-0.3, -0.25) is 15.1 Å². The van der Waals surface area contributed by atoms with Crippen molar-refractivity contribution in [2.45, 2.75) is 13.0 Å². The van der Waals surface area contributed by atoms with Crippen molar-refractivity contribution >= 4 is 11.4 Å². The Morgan fingerprint density at radius 2 is 2.50 bits per heavy atom. The molecule has 0 unspecified atom stereocenters. The zero-order chi connectivity index (χ0) is 11.5. The summed E-state index contributed by atoms with van der Waals surface area (Å²) in [5.74, 6) is 0. The van der Waals surface area contributed by atoms with Gasteiger partial charge in [0, 0.05) is 31.9 Å². The zero-order valence-corrected chi connectivity index (χ0v) is 9.09. The molecule has 1 N–H and O–H groups in total. The van der Waals surface area contributed by atoms with E-state index in [-0.39, 0.29) is 10.6 Å². The number of pyridine rings is 1. The van der Waals surface area contributed by atoms with Crippen molar-refractivity contribution in [3.63, 3.8) is 0 Å². The van der Waals surface area contributed by atoms with Crippen molar-refractivity contribution in [2.24, 2.45) is 0 Å². The third kappa shape index (κ3) is 2.11. The molecular formula is C10H14N4O2. The fourth-order valence-corrected chi connectivity index (χ4v) is 1.94. The molecule has 2 heterocycles. The smallest absolute Gasteiger partial charge is 0.310 e. The molecule has 0 radical (unpaired) electrons. The van der Waals surface area contributed by atoms with Crippen molar-refractivity contribution < 1.29 is 4.92 Å². The third-order valence-electron chi connectivity index (χ3n) is 2.68. The van der Waals surface area contributed by atoms with E-state index in [1.165, 1.54) is 6.20 Å². The van der Waals surface area contributed by atoms with Gasteiger partial charge in [0.05, 0.1) is 4.92 Å². The maximum absolute atomic E-state index is 10.9. The number of nitro groups is 1. The molecule has 0 bridgehead atoms. The van der Waals surface area contributed by atoms with Crippen LogP contribution in [-0.2, 0) is 0 Å². The maximum atomic E-state index is 10.9. The number of anilines is 1. The Kier molecular flexibility index (Phi) is 3.00. The Labute approximate surface area is 93.4 Å². The van der Waals surface area contributed by atoms with Gasteiger partial charge in [0.15, 0.2) is 0 Å². The molecule has 0 aromatic carbocycles. The summed E-state index contributed by atoms with van der Waals surface area (Å²) in [5, 5.41) is 14.2. The highest BCUT2D eigenvalue weighted by molar-refractivity contribution is 5.62. The van der Waals surface area contributed by atoms with Crippen molar-refractivity contribution in [3.05, 3.63) is 28.6 Å². The predicted molar refractivity (Wildman–Crippen MR) is 60.6 cm³/mol. The van der Waals surface area contributed by atoms with Gasteiger partial charge in [-0.2, -0.15) is 0 Å². The number of piperazine rings is 1. The molecule has 1 saturated heterocycles. The number of nitrogens with one attached hydrogen (secondary N) is 1. The van der Waals surface area contributed by atoms with Gasteiger partial charge in [0.1, 0.15) is 11.9 Å². The van der Waals surface area contributed by atoms with Crippen LogP contribution in [0.25, 0.3) is 0 Å². The molecule has 86 valence electrons. The van der Waals surface area contributed by atoms with Crippen LogP contribution in [0.5, 0.6) is 0 Å². The molecule has 0 spiro atoms. The minimum atomic E-state index is -0.380. The van der Waals surface area contributed by atoms with Crippen molar-refractivity contribution in [1.29, 1.82) is 0 Å². The fourth-order valence-electron chi connectivity index (χ4n) is 1.94. The summed E-state index contributed by atoms with van der Waals surface area (Å²) in [6, 6.07) is 2.05. The second-order valence-corrected chi connectivity index (χ2v) is 3.92. The SMILES string of the molecule is C[C@H]1CN(c2ccncc2[N+](=O)[O-])CCN1. The topological polar surface area (TPSA) is 71.3 Å². The van der Waals surface area contributed by atoms with E-state index in [9.17, 15) is 10.1 Å². The van der Waals surface area contributed by atoms with Gasteiger partial charge >= 0.3 is 5.69 Å². The average molecular weight is 222 g/mol. The third-order valence-corrected chi connectivity index (χ3v) is 2.68. The van der Waals surface area contributed by atoms with Gasteiger partial charge in [-0.15, -0.1) is 0 Å². The first-order valence-electron chi connectivity index (χ1n) is 5.25. The summed E-state index contributed by atoms with van der Waals surface area (Å²) in [6.45, 7) is 4.49. The Hall–Kier alpha value is -1.69. The van der Waals surface area contributed by atoms with Crippen LogP contribution in [0.1, 0.15) is 6.92 Å². The minimum Gasteiger partial charge on any atom is -0.363 e. The summed E-state index contributed by atoms with van der Waals surface area (Å²) >= 11 is 0. The zero-order valence-electron chi connectivity index (χ0n) is 9.09. The number of aromatic nitrogens is 1. The second kappa shape index (κ2) is 4.44. The molecule has 2 rings (SSSR count). The molecule has 1 aliphatic heterocycles. The van der Waals surface area contributed by atoms with Crippen molar-refractivity contribution in [1.82, 2.24) is 10.3 Å². The molecule has 0 aliphatic carbocycles. The molecule has 0 amide bonds. The lowest BCUT2D eigenvalue weighted by atomic mass is 10.2. The summed E-state index contributed by atoms with van der Waals surface area (Å²) in [5.41, 5.74) is 0.741. The Morgan fingerprint density at radius 3 is 3.19 bits per heavy atom. The number of rotatable bonds is 2. The molecule has 6 nitrogen and oxygen atoms in total. The minimum absolute atomic E-state index is 0.0802. The lowest BCUT2D eigenvalue weighted by Gasteiger charge is -2.33. The summed E-state index contributed by atoms with van der Waals surface area (Å²) in [4.78, 5) is 16.3. The Morgan fingerprint density at radius 1 is 1.69 bits per heavy atom. The van der Waals surface area contributed by atoms with E-state index in [0.29, 0.717) is 11.7 Å². The average Bonchev–Trinajstić information content (AvgIpc) is 2.29. The summed E-state index contributed by atoms with van der Waals surface area (Å²) in [7, 11) is 0. The van der Waals surface area contributed by atoms with Gasteiger partial charge in [-0.1, -0.05) is 0 Å². The van der Waals surface area contributed by atoms with Gasteiger partial charge in [-0.25, -0.2) is 0 Å². The predicted octanol–water partition coefficient (Wildman–Crippen LogP) is 0.788. The molecule has 6 heteroatoms. The molecule has 1 aromatic heterocycles. The van der Waals surface area contributed by atoms with Gasteiger partial charge in [0.25, 0.3) is 0 Å². The number of hydrogen-bond donors (Lipinski definition) is 1. The Bertz CT molecular complexity index is 396. The van der Waals surface area contributed by atoms with E-state index in [1.807, 2.05) is 4.90 Å². The fraction of sp³-hybridized carbons (Fsp3) is 0.500. The van der Waals surface area contributed by atoms with E-state index < -0.39 is 0 Å². The second-order valence-electron chi connectivity index (χ2n) is 3.92. The highest BCUT2D eigenvalue weighted by Gasteiger charge is 2.23. The largest absolute Gasteiger partial charge is 0.363 e. The monoisotopic (exact) mass is 222 g/mol. The van der Waals surface area contributed by atoms with Crippen LogP contribution < -0.4 is 10.2 Å². The standard InChI is InChI=1S/C10H14N4O2/c1-8-7-13(5-4-12-8)9-2-3-11-6-10(9)14(15)16/h2-3,6,8,12H,4-5,7H2,1H3/t8-/m0/s1. The van der Waals surface area contributed by atoms with Gasteiger partial charge in [0.2, 0.25) is 0 Å². The van der Waals surface area contributed by atoms with E-state index >= 15 is 0 Å².